The Balaban J connectivity index is 2.14. The summed E-state index contributed by atoms with van der Waals surface area (Å²) in [5, 5.41) is 10.9. The predicted octanol–water partition coefficient (Wildman–Crippen LogP) is 1.55. The number of nitrogens with zero attached hydrogens (tertiary/aromatic N) is 1. The summed E-state index contributed by atoms with van der Waals surface area (Å²) in [6.45, 7) is 1.34. The first-order valence-electron chi connectivity index (χ1n) is 5.16. The number of methoxy groups -OCH3 is 1. The molecule has 0 aromatic heterocycles. The lowest BCUT2D eigenvalue weighted by Crippen LogP contribution is -2.38. The Hall–Kier alpha value is -1.97. The first-order valence-corrected chi connectivity index (χ1v) is 5.16. The van der Waals surface area contributed by atoms with Crippen LogP contribution in [-0.2, 0) is 6.54 Å². The van der Waals surface area contributed by atoms with Crippen molar-refractivity contribution in [2.75, 3.05) is 13.8 Å². The highest BCUT2D eigenvalue weighted by Crippen LogP contribution is 2.19. The van der Waals surface area contributed by atoms with Crippen molar-refractivity contribution in [2.24, 2.45) is 0 Å². The first-order chi connectivity index (χ1) is 7.81. The van der Waals surface area contributed by atoms with Crippen molar-refractivity contribution in [3.05, 3.63) is 42.1 Å². The van der Waals surface area contributed by atoms with Crippen LogP contribution in [0.1, 0.15) is 5.56 Å². The second kappa shape index (κ2) is 4.70. The van der Waals surface area contributed by atoms with E-state index in [1.165, 1.54) is 0 Å². The van der Waals surface area contributed by atoms with Crippen molar-refractivity contribution in [3.8, 4) is 5.75 Å². The van der Waals surface area contributed by atoms with Crippen LogP contribution >= 0.6 is 0 Å². The smallest absolute Gasteiger partial charge is 0.123 e. The van der Waals surface area contributed by atoms with Gasteiger partial charge in [0.05, 0.1) is 13.8 Å². The first kappa shape index (κ1) is 10.5. The molecule has 1 aliphatic heterocycles. The van der Waals surface area contributed by atoms with E-state index in [4.69, 9.17) is 10.1 Å². The van der Waals surface area contributed by atoms with Crippen LogP contribution in [-0.4, -0.2) is 24.5 Å². The molecule has 0 radical (unpaired) electrons. The van der Waals surface area contributed by atoms with Crippen molar-refractivity contribution in [2.45, 2.75) is 6.54 Å². The largest absolute Gasteiger partial charge is 0.496 e. The quantitative estimate of drug-likeness (QED) is 0.807. The van der Waals surface area contributed by atoms with E-state index in [-0.39, 0.29) is 0 Å². The number of nitrogens with one attached hydrogen (secondary N) is 2. The van der Waals surface area contributed by atoms with Crippen LogP contribution in [0.5, 0.6) is 5.75 Å². The molecule has 4 nitrogen and oxygen atoms in total. The molecular formula is C12H15N3O. The van der Waals surface area contributed by atoms with Crippen LogP contribution in [0.3, 0.4) is 0 Å². The molecule has 2 rings (SSSR count). The molecule has 16 heavy (non-hydrogen) atoms. The fraction of sp³-hybridized carbons (Fsp3) is 0.250. The Morgan fingerprint density at radius 1 is 1.44 bits per heavy atom. The molecule has 0 fully saturated rings. The number of ether oxygens (including phenoxy) is 1. The highest BCUT2D eigenvalue weighted by molar-refractivity contribution is 5.90. The molecule has 2 N–H and O–H groups in total. The average Bonchev–Trinajstić information content (AvgIpc) is 2.33. The fourth-order valence-electron chi connectivity index (χ4n) is 1.67. The van der Waals surface area contributed by atoms with E-state index in [1.54, 1.807) is 19.4 Å². The fourth-order valence-corrected chi connectivity index (χ4v) is 1.67. The van der Waals surface area contributed by atoms with Crippen molar-refractivity contribution in [1.82, 2.24) is 10.2 Å². The Morgan fingerprint density at radius 3 is 3.00 bits per heavy atom. The van der Waals surface area contributed by atoms with Gasteiger partial charge < -0.3 is 15.0 Å². The third kappa shape index (κ3) is 2.16. The molecule has 0 aliphatic carbocycles. The van der Waals surface area contributed by atoms with Crippen LogP contribution in [0.2, 0.25) is 0 Å². The molecule has 1 aromatic rings. The molecule has 0 unspecified atom stereocenters. The molecule has 1 heterocycles. The van der Waals surface area contributed by atoms with Crippen LogP contribution < -0.4 is 10.1 Å². The molecule has 0 saturated carbocycles. The van der Waals surface area contributed by atoms with Crippen LogP contribution in [0.15, 0.2) is 36.5 Å². The van der Waals surface area contributed by atoms with E-state index in [1.807, 2.05) is 29.2 Å². The van der Waals surface area contributed by atoms with Gasteiger partial charge in [-0.1, -0.05) is 18.2 Å². The number of hydrogen-bond donors (Lipinski definition) is 2. The number of amidine groups is 1. The van der Waals surface area contributed by atoms with E-state index < -0.39 is 0 Å². The van der Waals surface area contributed by atoms with Gasteiger partial charge in [-0.15, -0.1) is 0 Å². The molecule has 1 aliphatic rings. The predicted molar refractivity (Wildman–Crippen MR) is 63.4 cm³/mol. The van der Waals surface area contributed by atoms with Gasteiger partial charge in [-0.2, -0.15) is 0 Å². The SMILES string of the molecule is COc1ccccc1CN1CNC=CC1=N. The molecule has 0 bridgehead atoms. The topological polar surface area (TPSA) is 48.4 Å². The maximum atomic E-state index is 7.78. The van der Waals surface area contributed by atoms with Gasteiger partial charge in [0, 0.05) is 18.3 Å². The van der Waals surface area contributed by atoms with Gasteiger partial charge in [0.25, 0.3) is 0 Å². The van der Waals surface area contributed by atoms with E-state index in [9.17, 15) is 0 Å². The Kier molecular flexibility index (Phi) is 3.10. The average molecular weight is 217 g/mol. The van der Waals surface area contributed by atoms with E-state index in [0.717, 1.165) is 11.3 Å². The lowest BCUT2D eigenvalue weighted by molar-refractivity contribution is 0.366. The summed E-state index contributed by atoms with van der Waals surface area (Å²) in [7, 11) is 1.67. The number of rotatable bonds is 3. The monoisotopic (exact) mass is 217 g/mol. The van der Waals surface area contributed by atoms with Crippen molar-refractivity contribution in [3.63, 3.8) is 0 Å². The van der Waals surface area contributed by atoms with E-state index in [0.29, 0.717) is 19.0 Å². The summed E-state index contributed by atoms with van der Waals surface area (Å²) in [6.07, 6.45) is 3.54. The molecule has 0 spiro atoms. The number of benzene rings is 1. The van der Waals surface area contributed by atoms with Gasteiger partial charge in [0.15, 0.2) is 0 Å². The molecular weight excluding hydrogens is 202 g/mol. The minimum atomic E-state index is 0.518. The highest BCUT2D eigenvalue weighted by atomic mass is 16.5. The maximum Gasteiger partial charge on any atom is 0.123 e. The van der Waals surface area contributed by atoms with Crippen molar-refractivity contribution < 1.29 is 4.74 Å². The van der Waals surface area contributed by atoms with Gasteiger partial charge in [0.1, 0.15) is 11.6 Å². The summed E-state index contributed by atoms with van der Waals surface area (Å²) in [4.78, 5) is 1.94. The second-order valence-corrected chi connectivity index (χ2v) is 3.59. The lowest BCUT2D eigenvalue weighted by Gasteiger charge is -2.27. The van der Waals surface area contributed by atoms with Gasteiger partial charge in [-0.05, 0) is 12.1 Å². The standard InChI is InChI=1S/C12H15N3O/c1-16-11-5-3-2-4-10(11)8-15-9-14-7-6-12(15)13/h2-7,13-14H,8-9H2,1H3. The van der Waals surface area contributed by atoms with Crippen LogP contribution in [0.25, 0.3) is 0 Å². The maximum absolute atomic E-state index is 7.78. The lowest BCUT2D eigenvalue weighted by atomic mass is 10.2. The summed E-state index contributed by atoms with van der Waals surface area (Å²) in [5.74, 6) is 1.38. The van der Waals surface area contributed by atoms with Crippen molar-refractivity contribution >= 4 is 5.84 Å². The van der Waals surface area contributed by atoms with Gasteiger partial charge in [-0.25, -0.2) is 0 Å². The Bertz CT molecular complexity index is 414. The summed E-state index contributed by atoms with van der Waals surface area (Å²) in [6, 6.07) is 7.88. The summed E-state index contributed by atoms with van der Waals surface area (Å²) in [5.41, 5.74) is 1.09. The summed E-state index contributed by atoms with van der Waals surface area (Å²) < 4.78 is 5.29. The van der Waals surface area contributed by atoms with E-state index in [2.05, 4.69) is 5.32 Å². The summed E-state index contributed by atoms with van der Waals surface area (Å²) >= 11 is 0. The Labute approximate surface area is 95.0 Å². The van der Waals surface area contributed by atoms with Gasteiger partial charge in [-0.3, -0.25) is 5.41 Å². The molecule has 1 aromatic carbocycles. The van der Waals surface area contributed by atoms with Crippen LogP contribution in [0, 0.1) is 5.41 Å². The normalized spacial score (nSPS) is 14.8. The minimum absolute atomic E-state index is 0.518. The molecule has 0 amide bonds. The Morgan fingerprint density at radius 2 is 2.25 bits per heavy atom. The molecule has 84 valence electrons. The van der Waals surface area contributed by atoms with Gasteiger partial charge >= 0.3 is 0 Å². The zero-order valence-corrected chi connectivity index (χ0v) is 9.23. The second-order valence-electron chi connectivity index (χ2n) is 3.59. The van der Waals surface area contributed by atoms with Crippen molar-refractivity contribution in [1.29, 1.82) is 5.41 Å². The van der Waals surface area contributed by atoms with Gasteiger partial charge in [0.2, 0.25) is 0 Å². The third-order valence-electron chi connectivity index (χ3n) is 2.54. The molecule has 0 saturated heterocycles. The zero-order valence-electron chi connectivity index (χ0n) is 9.23. The van der Waals surface area contributed by atoms with E-state index >= 15 is 0 Å². The highest BCUT2D eigenvalue weighted by Gasteiger charge is 2.12. The zero-order chi connectivity index (χ0) is 11.4. The third-order valence-corrected chi connectivity index (χ3v) is 2.54. The number of para-hydroxylation sites is 1. The molecule has 4 heteroatoms. The molecule has 0 atom stereocenters. The number of hydrogen-bond acceptors (Lipinski definition) is 3. The minimum Gasteiger partial charge on any atom is -0.496 e. The van der Waals surface area contributed by atoms with Crippen LogP contribution in [0.4, 0.5) is 0 Å².